The van der Waals surface area contributed by atoms with Crippen molar-refractivity contribution >= 4 is 11.7 Å². The third-order valence-corrected chi connectivity index (χ3v) is 4.76. The van der Waals surface area contributed by atoms with Crippen molar-refractivity contribution < 1.29 is 9.90 Å². The average Bonchev–Trinajstić information content (AvgIpc) is 3.26. The van der Waals surface area contributed by atoms with Crippen molar-refractivity contribution in [2.24, 2.45) is 0 Å². The Kier molecular flexibility index (Phi) is 5.56. The zero-order chi connectivity index (χ0) is 18.6. The second-order valence-corrected chi connectivity index (χ2v) is 7.24. The van der Waals surface area contributed by atoms with Gasteiger partial charge < -0.3 is 19.9 Å². The fraction of sp³-hybridized carbons (Fsp3) is 0.526. The SMILES string of the molecule is CC(C)c1nccn1CCC(=O)NC[C@@]1(O)CCN(c2ccccn2)C1. The van der Waals surface area contributed by atoms with Crippen molar-refractivity contribution in [1.29, 1.82) is 0 Å². The van der Waals surface area contributed by atoms with Crippen molar-refractivity contribution in [3.63, 3.8) is 0 Å². The molecule has 7 nitrogen and oxygen atoms in total. The lowest BCUT2D eigenvalue weighted by Gasteiger charge is -2.24. The van der Waals surface area contributed by atoms with E-state index in [9.17, 15) is 9.90 Å². The van der Waals surface area contributed by atoms with Gasteiger partial charge in [-0.3, -0.25) is 4.79 Å². The lowest BCUT2D eigenvalue weighted by molar-refractivity contribution is -0.122. The van der Waals surface area contributed by atoms with Gasteiger partial charge >= 0.3 is 0 Å². The Labute approximate surface area is 154 Å². The highest BCUT2D eigenvalue weighted by Gasteiger charge is 2.36. The van der Waals surface area contributed by atoms with Crippen LogP contribution in [0.4, 0.5) is 5.82 Å². The van der Waals surface area contributed by atoms with Crippen LogP contribution in [0.1, 0.15) is 38.4 Å². The van der Waals surface area contributed by atoms with E-state index >= 15 is 0 Å². The smallest absolute Gasteiger partial charge is 0.221 e. The molecule has 3 rings (SSSR count). The number of hydrogen-bond donors (Lipinski definition) is 2. The second kappa shape index (κ2) is 7.86. The van der Waals surface area contributed by atoms with Crippen LogP contribution in [0.25, 0.3) is 0 Å². The summed E-state index contributed by atoms with van der Waals surface area (Å²) in [6.07, 6.45) is 6.40. The minimum absolute atomic E-state index is 0.0573. The maximum Gasteiger partial charge on any atom is 0.221 e. The summed E-state index contributed by atoms with van der Waals surface area (Å²) in [5.74, 6) is 2.11. The van der Waals surface area contributed by atoms with Crippen LogP contribution in [0.2, 0.25) is 0 Å². The first kappa shape index (κ1) is 18.4. The molecule has 1 aliphatic heterocycles. The molecule has 0 spiro atoms. The minimum Gasteiger partial charge on any atom is -0.386 e. The molecule has 140 valence electrons. The normalized spacial score (nSPS) is 19.9. The van der Waals surface area contributed by atoms with Crippen LogP contribution in [0.3, 0.4) is 0 Å². The molecule has 2 aromatic heterocycles. The monoisotopic (exact) mass is 357 g/mol. The minimum atomic E-state index is -0.911. The van der Waals surface area contributed by atoms with Gasteiger partial charge in [0, 0.05) is 57.1 Å². The van der Waals surface area contributed by atoms with Crippen molar-refractivity contribution in [3.05, 3.63) is 42.6 Å². The van der Waals surface area contributed by atoms with E-state index in [-0.39, 0.29) is 12.5 Å². The van der Waals surface area contributed by atoms with Crippen LogP contribution < -0.4 is 10.2 Å². The molecule has 1 amide bonds. The fourth-order valence-corrected chi connectivity index (χ4v) is 3.32. The summed E-state index contributed by atoms with van der Waals surface area (Å²) in [5, 5.41) is 13.6. The van der Waals surface area contributed by atoms with Crippen LogP contribution in [-0.2, 0) is 11.3 Å². The van der Waals surface area contributed by atoms with Gasteiger partial charge in [-0.25, -0.2) is 9.97 Å². The van der Waals surface area contributed by atoms with E-state index in [4.69, 9.17) is 0 Å². The van der Waals surface area contributed by atoms with E-state index in [0.29, 0.717) is 31.8 Å². The molecule has 26 heavy (non-hydrogen) atoms. The predicted molar refractivity (Wildman–Crippen MR) is 100.0 cm³/mol. The van der Waals surface area contributed by atoms with Crippen LogP contribution in [0.5, 0.6) is 0 Å². The molecule has 1 atom stereocenters. The van der Waals surface area contributed by atoms with Crippen molar-refractivity contribution in [2.75, 3.05) is 24.5 Å². The summed E-state index contributed by atoms with van der Waals surface area (Å²) in [4.78, 5) is 22.9. The quantitative estimate of drug-likeness (QED) is 0.786. The Morgan fingerprint density at radius 3 is 2.92 bits per heavy atom. The number of aliphatic hydroxyl groups is 1. The molecule has 2 aromatic rings. The van der Waals surface area contributed by atoms with Crippen molar-refractivity contribution in [3.8, 4) is 0 Å². The van der Waals surface area contributed by atoms with Crippen LogP contribution in [0.15, 0.2) is 36.8 Å². The summed E-state index contributed by atoms with van der Waals surface area (Å²) >= 11 is 0. The molecule has 0 radical (unpaired) electrons. The van der Waals surface area contributed by atoms with Crippen molar-refractivity contribution in [2.45, 2.75) is 44.8 Å². The van der Waals surface area contributed by atoms with Crippen LogP contribution >= 0.6 is 0 Å². The van der Waals surface area contributed by atoms with E-state index in [0.717, 1.165) is 18.2 Å². The lowest BCUT2D eigenvalue weighted by atomic mass is 10.0. The lowest BCUT2D eigenvalue weighted by Crippen LogP contribution is -2.45. The summed E-state index contributed by atoms with van der Waals surface area (Å²) in [5.41, 5.74) is -0.911. The first-order valence-electron chi connectivity index (χ1n) is 9.13. The number of nitrogens with zero attached hydrogens (tertiary/aromatic N) is 4. The number of amides is 1. The Morgan fingerprint density at radius 1 is 1.35 bits per heavy atom. The number of pyridine rings is 1. The Hall–Kier alpha value is -2.41. The second-order valence-electron chi connectivity index (χ2n) is 7.24. The molecule has 1 fully saturated rings. The average molecular weight is 357 g/mol. The number of aryl methyl sites for hydroxylation is 1. The number of aromatic nitrogens is 3. The van der Waals surface area contributed by atoms with Gasteiger partial charge in [-0.1, -0.05) is 19.9 Å². The van der Waals surface area contributed by atoms with Gasteiger partial charge in [0.05, 0.1) is 0 Å². The maximum atomic E-state index is 12.2. The molecule has 2 N–H and O–H groups in total. The van der Waals surface area contributed by atoms with Gasteiger partial charge in [-0.05, 0) is 18.6 Å². The van der Waals surface area contributed by atoms with Crippen LogP contribution in [-0.4, -0.2) is 50.8 Å². The van der Waals surface area contributed by atoms with Gasteiger partial charge in [-0.2, -0.15) is 0 Å². The van der Waals surface area contributed by atoms with Gasteiger partial charge in [0.15, 0.2) is 0 Å². The van der Waals surface area contributed by atoms with E-state index in [1.54, 1.807) is 12.4 Å². The number of imidazole rings is 1. The van der Waals surface area contributed by atoms with E-state index < -0.39 is 5.60 Å². The summed E-state index contributed by atoms with van der Waals surface area (Å²) < 4.78 is 2.01. The number of hydrogen-bond acceptors (Lipinski definition) is 5. The molecule has 1 saturated heterocycles. The Balaban J connectivity index is 1.46. The zero-order valence-electron chi connectivity index (χ0n) is 15.4. The number of carbonyl (C=O) groups excluding carboxylic acids is 1. The Morgan fingerprint density at radius 2 is 2.19 bits per heavy atom. The standard InChI is InChI=1S/C19H27N5O2/c1-15(2)18-21-9-12-23(18)10-6-17(25)22-13-19(26)7-11-24(14-19)16-5-3-4-8-20-16/h3-5,8-9,12,15,26H,6-7,10-11,13-14H2,1-2H3,(H,22,25)/t19-/m0/s1. The Bertz CT molecular complexity index is 731. The maximum absolute atomic E-state index is 12.2. The first-order valence-corrected chi connectivity index (χ1v) is 9.13. The molecule has 0 bridgehead atoms. The third-order valence-electron chi connectivity index (χ3n) is 4.76. The van der Waals surface area contributed by atoms with Gasteiger partial charge in [0.1, 0.15) is 17.2 Å². The van der Waals surface area contributed by atoms with Gasteiger partial charge in [0.25, 0.3) is 0 Å². The molecule has 1 aliphatic rings. The number of rotatable bonds is 7. The molecule has 0 aromatic carbocycles. The summed E-state index contributed by atoms with van der Waals surface area (Å²) in [6.45, 7) is 6.23. The van der Waals surface area contributed by atoms with E-state index in [1.807, 2.05) is 33.9 Å². The molecule has 0 aliphatic carbocycles. The molecule has 0 unspecified atom stereocenters. The summed E-state index contributed by atoms with van der Waals surface area (Å²) in [6, 6.07) is 5.74. The van der Waals surface area contributed by atoms with E-state index in [2.05, 4.69) is 29.1 Å². The largest absolute Gasteiger partial charge is 0.386 e. The van der Waals surface area contributed by atoms with Gasteiger partial charge in [0.2, 0.25) is 5.91 Å². The molecule has 3 heterocycles. The van der Waals surface area contributed by atoms with Crippen molar-refractivity contribution in [1.82, 2.24) is 19.9 Å². The predicted octanol–water partition coefficient (Wildman–Crippen LogP) is 1.55. The molecule has 0 saturated carbocycles. The summed E-state index contributed by atoms with van der Waals surface area (Å²) in [7, 11) is 0. The molecular weight excluding hydrogens is 330 g/mol. The number of carbonyl (C=O) groups is 1. The molecular formula is C19H27N5O2. The highest BCUT2D eigenvalue weighted by molar-refractivity contribution is 5.75. The topological polar surface area (TPSA) is 83.3 Å². The van der Waals surface area contributed by atoms with Crippen LogP contribution in [0, 0.1) is 0 Å². The third kappa shape index (κ3) is 4.40. The number of nitrogens with one attached hydrogen (secondary N) is 1. The molecule has 7 heteroatoms. The highest BCUT2D eigenvalue weighted by Crippen LogP contribution is 2.24. The number of β-amino-alcohol motifs (C(OH)–C–C–N with tert-alkyl or cyclic N) is 1. The number of anilines is 1. The zero-order valence-corrected chi connectivity index (χ0v) is 15.4. The first-order chi connectivity index (χ1) is 12.5. The fourth-order valence-electron chi connectivity index (χ4n) is 3.32. The van der Waals surface area contributed by atoms with Gasteiger partial charge in [-0.15, -0.1) is 0 Å². The highest BCUT2D eigenvalue weighted by atomic mass is 16.3. The van der Waals surface area contributed by atoms with E-state index in [1.165, 1.54) is 0 Å².